The summed E-state index contributed by atoms with van der Waals surface area (Å²) < 4.78 is 14.1. The summed E-state index contributed by atoms with van der Waals surface area (Å²) in [4.78, 5) is 20.9. The van der Waals surface area contributed by atoms with E-state index in [1.165, 1.54) is 36.7 Å². The molecule has 8 heteroatoms. The van der Waals surface area contributed by atoms with E-state index in [1.807, 2.05) is 37.3 Å². The first-order valence-corrected chi connectivity index (χ1v) is 10.00. The lowest BCUT2D eigenvalue weighted by Crippen LogP contribution is -2.07. The molecule has 0 spiro atoms. The van der Waals surface area contributed by atoms with E-state index in [1.54, 1.807) is 12.1 Å². The van der Waals surface area contributed by atoms with Crippen molar-refractivity contribution in [2.24, 2.45) is 5.10 Å². The van der Waals surface area contributed by atoms with Crippen LogP contribution in [-0.2, 0) is 4.79 Å². The molecule has 0 bridgehead atoms. The zero-order chi connectivity index (χ0) is 21.1. The number of thiophene rings is 1. The maximum absolute atomic E-state index is 13.2. The molecule has 0 fully saturated rings. The highest BCUT2D eigenvalue weighted by molar-refractivity contribution is 7.22. The topological polar surface area (TPSA) is 79.3 Å². The van der Waals surface area contributed by atoms with Gasteiger partial charge in [-0.05, 0) is 48.4 Å². The van der Waals surface area contributed by atoms with Crippen molar-refractivity contribution < 1.29 is 9.18 Å². The fourth-order valence-electron chi connectivity index (χ4n) is 2.92. The van der Waals surface area contributed by atoms with Gasteiger partial charge in [0, 0.05) is 17.5 Å². The molecule has 2 N–H and O–H groups in total. The highest BCUT2D eigenvalue weighted by atomic mass is 32.1. The summed E-state index contributed by atoms with van der Waals surface area (Å²) >= 11 is 1.51. The molecule has 4 aromatic rings. The maximum atomic E-state index is 13.2. The van der Waals surface area contributed by atoms with Crippen molar-refractivity contribution in [1.29, 1.82) is 0 Å². The molecule has 150 valence electrons. The number of halogens is 1. The number of carbonyl (C=O) groups is 1. The van der Waals surface area contributed by atoms with Gasteiger partial charge in [0.05, 0.1) is 15.9 Å². The average molecular weight is 419 g/mol. The Morgan fingerprint density at radius 3 is 2.63 bits per heavy atom. The van der Waals surface area contributed by atoms with E-state index in [-0.39, 0.29) is 11.7 Å². The number of fused-ring (bicyclic) bond motifs is 1. The summed E-state index contributed by atoms with van der Waals surface area (Å²) in [5, 5.41) is 7.21. The van der Waals surface area contributed by atoms with Crippen LogP contribution in [0.1, 0.15) is 19.4 Å². The second-order valence-corrected chi connectivity index (χ2v) is 7.68. The normalized spacial score (nSPS) is 11.5. The van der Waals surface area contributed by atoms with Gasteiger partial charge in [0.25, 0.3) is 0 Å². The Bertz CT molecular complexity index is 1250. The van der Waals surface area contributed by atoms with Gasteiger partial charge in [-0.15, -0.1) is 11.3 Å². The van der Waals surface area contributed by atoms with E-state index in [0.717, 1.165) is 31.9 Å². The summed E-state index contributed by atoms with van der Waals surface area (Å²) in [6.45, 7) is 3.34. The minimum atomic E-state index is -0.269. The van der Waals surface area contributed by atoms with Crippen LogP contribution in [0.5, 0.6) is 0 Å². The lowest BCUT2D eigenvalue weighted by Gasteiger charge is -2.06. The Labute approximate surface area is 176 Å². The molecule has 0 aliphatic rings. The van der Waals surface area contributed by atoms with Crippen molar-refractivity contribution >= 4 is 44.7 Å². The standard InChI is InChI=1S/C22H18FN5OS/c1-13(16-4-3-5-18(10-16)26-14(2)29)27-28-22-21-19(24-12-25-22)11-20(30-21)15-6-8-17(23)9-7-15/h3-12H,1-2H3,(H,26,29)(H,24,25,28)/b27-13+. The second kappa shape index (κ2) is 8.38. The van der Waals surface area contributed by atoms with Crippen molar-refractivity contribution in [3.05, 3.63) is 72.3 Å². The average Bonchev–Trinajstić information content (AvgIpc) is 3.17. The maximum Gasteiger partial charge on any atom is 0.221 e. The Kier molecular flexibility index (Phi) is 5.49. The zero-order valence-corrected chi connectivity index (χ0v) is 17.1. The number of carbonyl (C=O) groups excluding carboxylic acids is 1. The molecule has 30 heavy (non-hydrogen) atoms. The molecule has 0 saturated heterocycles. The highest BCUT2D eigenvalue weighted by Gasteiger charge is 2.10. The highest BCUT2D eigenvalue weighted by Crippen LogP contribution is 2.35. The minimum absolute atomic E-state index is 0.127. The Morgan fingerprint density at radius 2 is 1.87 bits per heavy atom. The molecule has 0 aliphatic heterocycles. The predicted octanol–water partition coefficient (Wildman–Crippen LogP) is 5.29. The van der Waals surface area contributed by atoms with Crippen molar-refractivity contribution in [2.75, 3.05) is 10.7 Å². The van der Waals surface area contributed by atoms with Gasteiger partial charge in [-0.3, -0.25) is 10.2 Å². The molecule has 4 rings (SSSR count). The summed E-state index contributed by atoms with van der Waals surface area (Å²) in [5.41, 5.74) is 7.05. The third-order valence-electron chi connectivity index (χ3n) is 4.37. The summed E-state index contributed by atoms with van der Waals surface area (Å²) in [5.74, 6) is 0.197. The molecule has 0 radical (unpaired) electrons. The molecule has 1 amide bonds. The number of rotatable bonds is 5. The van der Waals surface area contributed by atoms with Crippen LogP contribution < -0.4 is 10.7 Å². The number of anilines is 2. The minimum Gasteiger partial charge on any atom is -0.326 e. The lowest BCUT2D eigenvalue weighted by atomic mass is 10.1. The number of nitrogens with one attached hydrogen (secondary N) is 2. The van der Waals surface area contributed by atoms with Crippen LogP contribution in [0.2, 0.25) is 0 Å². The summed E-state index contributed by atoms with van der Waals surface area (Å²) in [6.07, 6.45) is 1.48. The first-order chi connectivity index (χ1) is 14.5. The number of aromatic nitrogens is 2. The number of nitrogens with zero attached hydrogens (tertiary/aromatic N) is 3. The summed E-state index contributed by atoms with van der Waals surface area (Å²) in [7, 11) is 0. The third-order valence-corrected chi connectivity index (χ3v) is 5.55. The van der Waals surface area contributed by atoms with Crippen LogP contribution in [0.4, 0.5) is 15.9 Å². The SMILES string of the molecule is CC(=O)Nc1cccc(/C(C)=N/Nc2ncnc3cc(-c4ccc(F)cc4)sc23)c1. The molecule has 0 atom stereocenters. The van der Waals surface area contributed by atoms with Crippen molar-refractivity contribution in [1.82, 2.24) is 9.97 Å². The van der Waals surface area contributed by atoms with E-state index in [4.69, 9.17) is 0 Å². The van der Waals surface area contributed by atoms with Crippen molar-refractivity contribution in [2.45, 2.75) is 13.8 Å². The largest absolute Gasteiger partial charge is 0.326 e. The van der Waals surface area contributed by atoms with Crippen LogP contribution in [0.15, 0.2) is 66.0 Å². The molecule has 0 aliphatic carbocycles. The van der Waals surface area contributed by atoms with Gasteiger partial charge in [0.2, 0.25) is 5.91 Å². The number of hydrogen-bond acceptors (Lipinski definition) is 6. The van der Waals surface area contributed by atoms with Crippen LogP contribution in [-0.4, -0.2) is 21.6 Å². The van der Waals surface area contributed by atoms with Crippen molar-refractivity contribution in [3.63, 3.8) is 0 Å². The van der Waals surface area contributed by atoms with Gasteiger partial charge in [0.15, 0.2) is 5.82 Å². The molecule has 0 unspecified atom stereocenters. The first kappa shape index (κ1) is 19.7. The Morgan fingerprint density at radius 1 is 1.07 bits per heavy atom. The third kappa shape index (κ3) is 4.33. The Hall–Kier alpha value is -3.65. The predicted molar refractivity (Wildman–Crippen MR) is 119 cm³/mol. The molecular formula is C22H18FN5OS. The van der Waals surface area contributed by atoms with Crippen LogP contribution >= 0.6 is 11.3 Å². The fraction of sp³-hybridized carbons (Fsp3) is 0.0909. The van der Waals surface area contributed by atoms with Gasteiger partial charge < -0.3 is 5.32 Å². The molecule has 6 nitrogen and oxygen atoms in total. The van der Waals surface area contributed by atoms with Crippen molar-refractivity contribution in [3.8, 4) is 10.4 Å². The molecule has 2 aromatic carbocycles. The van der Waals surface area contributed by atoms with Gasteiger partial charge in [-0.25, -0.2) is 14.4 Å². The van der Waals surface area contributed by atoms with Gasteiger partial charge in [0.1, 0.15) is 12.1 Å². The first-order valence-electron chi connectivity index (χ1n) is 9.18. The van der Waals surface area contributed by atoms with E-state index in [2.05, 4.69) is 25.8 Å². The monoisotopic (exact) mass is 419 g/mol. The Balaban J connectivity index is 1.61. The number of benzene rings is 2. The number of hydrazone groups is 1. The second-order valence-electron chi connectivity index (χ2n) is 6.63. The van der Waals surface area contributed by atoms with Crippen LogP contribution in [0, 0.1) is 5.82 Å². The molecule has 2 heterocycles. The van der Waals surface area contributed by atoms with Crippen LogP contribution in [0.3, 0.4) is 0 Å². The quantitative estimate of drug-likeness (QED) is 0.340. The zero-order valence-electron chi connectivity index (χ0n) is 16.3. The van der Waals surface area contributed by atoms with Gasteiger partial charge in [-0.2, -0.15) is 5.10 Å². The molecular weight excluding hydrogens is 401 g/mol. The molecule has 0 saturated carbocycles. The summed E-state index contributed by atoms with van der Waals surface area (Å²) in [6, 6.07) is 15.8. The smallest absolute Gasteiger partial charge is 0.221 e. The van der Waals surface area contributed by atoms with E-state index >= 15 is 0 Å². The number of amides is 1. The van der Waals surface area contributed by atoms with Gasteiger partial charge >= 0.3 is 0 Å². The van der Waals surface area contributed by atoms with Gasteiger partial charge in [-0.1, -0.05) is 24.3 Å². The molecule has 2 aromatic heterocycles. The lowest BCUT2D eigenvalue weighted by molar-refractivity contribution is -0.114. The number of hydrogen-bond donors (Lipinski definition) is 2. The van der Waals surface area contributed by atoms with E-state index in [9.17, 15) is 9.18 Å². The fourth-order valence-corrected chi connectivity index (χ4v) is 3.97. The van der Waals surface area contributed by atoms with E-state index < -0.39 is 0 Å². The van der Waals surface area contributed by atoms with Crippen LogP contribution in [0.25, 0.3) is 20.7 Å². The van der Waals surface area contributed by atoms with E-state index in [0.29, 0.717) is 11.5 Å².